The maximum Gasteiger partial charge on any atom is 0.336 e. The molecular formula is C31H26Cl2N4O3S. The Kier molecular flexibility index (Phi) is 6.04. The average molecular weight is 606 g/mol. The number of anilines is 1. The van der Waals surface area contributed by atoms with E-state index in [1.54, 1.807) is 17.4 Å². The van der Waals surface area contributed by atoms with E-state index in [1.807, 2.05) is 42.5 Å². The zero-order chi connectivity index (χ0) is 27.8. The van der Waals surface area contributed by atoms with Crippen LogP contribution in [0.1, 0.15) is 59.7 Å². The summed E-state index contributed by atoms with van der Waals surface area (Å²) in [6.07, 6.45) is 5.41. The minimum Gasteiger partial charge on any atom is -0.478 e. The highest BCUT2D eigenvalue weighted by Crippen LogP contribution is 2.48. The van der Waals surface area contributed by atoms with Gasteiger partial charge >= 0.3 is 5.97 Å². The smallest absolute Gasteiger partial charge is 0.336 e. The number of fused-ring (bicyclic) bond motifs is 5. The third-order valence-corrected chi connectivity index (χ3v) is 10.5. The summed E-state index contributed by atoms with van der Waals surface area (Å²) in [5, 5.41) is 21.8. The molecule has 10 heteroatoms. The van der Waals surface area contributed by atoms with Crippen LogP contribution < -0.4 is 10.2 Å². The largest absolute Gasteiger partial charge is 0.478 e. The Balaban J connectivity index is 1.03. The van der Waals surface area contributed by atoms with E-state index in [2.05, 4.69) is 15.4 Å². The first-order valence-electron chi connectivity index (χ1n) is 14.0. The first kappa shape index (κ1) is 25.5. The molecule has 4 heterocycles. The molecule has 3 aromatic carbocycles. The molecule has 2 N–H and O–H groups in total. The summed E-state index contributed by atoms with van der Waals surface area (Å²) < 4.78 is 6.77. The number of hydrogen-bond acceptors (Lipinski definition) is 7. The number of aromatic carboxylic acids is 1. The maximum atomic E-state index is 11.9. The standard InChI is InChI=1S/C31H26Cl2N4O3S/c32-23-6-3-7-24(33)26(23)28-22(29(40-36-28)15-8-9-15)14-34-16-10-17-12-18(11-16)37(17)31-35-27-20-5-2-1-4-19(20)21(30(38)39)13-25(27)41-31/h1-7,13,15-18,34H,8-12,14H2,(H,38,39). The summed E-state index contributed by atoms with van der Waals surface area (Å²) in [6.45, 7) is 0.654. The van der Waals surface area contributed by atoms with E-state index >= 15 is 0 Å². The Morgan fingerprint density at radius 2 is 1.78 bits per heavy atom. The lowest BCUT2D eigenvalue weighted by atomic mass is 9.77. The van der Waals surface area contributed by atoms with Crippen LogP contribution in [0.2, 0.25) is 10.0 Å². The third-order valence-electron chi connectivity index (χ3n) is 8.82. The van der Waals surface area contributed by atoms with Gasteiger partial charge in [0.15, 0.2) is 5.13 Å². The van der Waals surface area contributed by atoms with Crippen molar-refractivity contribution in [2.75, 3.05) is 4.90 Å². The van der Waals surface area contributed by atoms with Gasteiger partial charge in [0.1, 0.15) is 11.5 Å². The van der Waals surface area contributed by atoms with Gasteiger partial charge in [-0.2, -0.15) is 0 Å². The molecule has 7 nitrogen and oxygen atoms in total. The Morgan fingerprint density at radius 1 is 1.05 bits per heavy atom. The first-order valence-corrected chi connectivity index (χ1v) is 15.5. The fraction of sp³-hybridized carbons (Fsp3) is 0.323. The van der Waals surface area contributed by atoms with Crippen molar-refractivity contribution in [2.24, 2.45) is 0 Å². The SMILES string of the molecule is O=C(O)c1cc2sc(N3C4CC(NCc5c(-c6c(Cl)cccc6Cl)noc5C5CC5)CC3C4)nc2c2ccccc12. The lowest BCUT2D eigenvalue weighted by Gasteiger charge is -2.55. The lowest BCUT2D eigenvalue weighted by Crippen LogP contribution is -2.64. The van der Waals surface area contributed by atoms with Gasteiger partial charge in [-0.15, -0.1) is 0 Å². The number of hydrogen-bond donors (Lipinski definition) is 2. The van der Waals surface area contributed by atoms with Crippen molar-refractivity contribution in [2.45, 2.75) is 62.7 Å². The number of aromatic nitrogens is 2. The zero-order valence-corrected chi connectivity index (χ0v) is 24.3. The Hall–Kier alpha value is -3.17. The molecular weight excluding hydrogens is 579 g/mol. The summed E-state index contributed by atoms with van der Waals surface area (Å²) in [6, 6.07) is 16.1. The number of rotatable bonds is 7. The molecule has 9 rings (SSSR count). The monoisotopic (exact) mass is 604 g/mol. The van der Waals surface area contributed by atoms with E-state index < -0.39 is 5.97 Å². The summed E-state index contributed by atoms with van der Waals surface area (Å²) in [4.78, 5) is 19.4. The minimum atomic E-state index is -0.912. The number of carboxylic acid groups (broad SMARTS) is 1. The van der Waals surface area contributed by atoms with Crippen LogP contribution in [-0.2, 0) is 6.54 Å². The number of benzene rings is 3. The number of nitrogens with zero attached hydrogens (tertiary/aromatic N) is 3. The molecule has 2 saturated heterocycles. The lowest BCUT2D eigenvalue weighted by molar-refractivity contribution is 0.0699. The number of thiazole rings is 1. The highest BCUT2D eigenvalue weighted by Gasteiger charge is 2.46. The van der Waals surface area contributed by atoms with Crippen LogP contribution in [0.4, 0.5) is 5.13 Å². The average Bonchev–Trinajstić information content (AvgIpc) is 3.59. The topological polar surface area (TPSA) is 91.5 Å². The van der Waals surface area contributed by atoms with Gasteiger partial charge in [0.2, 0.25) is 0 Å². The van der Waals surface area contributed by atoms with Crippen LogP contribution in [0.15, 0.2) is 53.1 Å². The van der Waals surface area contributed by atoms with Gasteiger partial charge in [0.25, 0.3) is 0 Å². The molecule has 2 aromatic heterocycles. The summed E-state index contributed by atoms with van der Waals surface area (Å²) in [5.74, 6) is 0.459. The molecule has 4 fully saturated rings. The maximum absolute atomic E-state index is 11.9. The van der Waals surface area contributed by atoms with Crippen molar-refractivity contribution in [1.82, 2.24) is 15.5 Å². The number of carboxylic acids is 1. The molecule has 0 radical (unpaired) electrons. The van der Waals surface area contributed by atoms with E-state index in [0.29, 0.717) is 46.2 Å². The van der Waals surface area contributed by atoms with Crippen LogP contribution in [0.5, 0.6) is 0 Å². The van der Waals surface area contributed by atoms with Gasteiger partial charge in [-0.05, 0) is 55.7 Å². The van der Waals surface area contributed by atoms with Gasteiger partial charge in [-0.3, -0.25) is 0 Å². The van der Waals surface area contributed by atoms with Gasteiger partial charge < -0.3 is 19.8 Å². The molecule has 2 aliphatic heterocycles. The van der Waals surface area contributed by atoms with E-state index in [4.69, 9.17) is 32.7 Å². The quantitative estimate of drug-likeness (QED) is 0.195. The van der Waals surface area contributed by atoms with Crippen LogP contribution in [-0.4, -0.2) is 39.3 Å². The fourth-order valence-electron chi connectivity index (χ4n) is 6.71. The molecule has 2 aliphatic carbocycles. The third kappa shape index (κ3) is 4.23. The van der Waals surface area contributed by atoms with Crippen molar-refractivity contribution in [3.05, 3.63) is 75.5 Å². The van der Waals surface area contributed by atoms with Crippen molar-refractivity contribution >= 4 is 66.6 Å². The number of halogens is 2. The fourth-order valence-corrected chi connectivity index (χ4v) is 8.45. The number of carbonyl (C=O) groups is 1. The predicted molar refractivity (Wildman–Crippen MR) is 163 cm³/mol. The van der Waals surface area contributed by atoms with E-state index in [0.717, 1.165) is 80.8 Å². The molecule has 5 aromatic rings. The van der Waals surface area contributed by atoms with Crippen LogP contribution >= 0.6 is 34.5 Å². The van der Waals surface area contributed by atoms with Crippen molar-refractivity contribution in [1.29, 1.82) is 0 Å². The molecule has 41 heavy (non-hydrogen) atoms. The van der Waals surface area contributed by atoms with Gasteiger partial charge in [0.05, 0.1) is 25.8 Å². The molecule has 2 unspecified atom stereocenters. The second kappa shape index (κ2) is 9.70. The molecule has 2 bridgehead atoms. The van der Waals surface area contributed by atoms with E-state index in [9.17, 15) is 9.90 Å². The molecule has 2 saturated carbocycles. The molecule has 2 atom stereocenters. The Bertz CT molecular complexity index is 1820. The summed E-state index contributed by atoms with van der Waals surface area (Å²) in [5.41, 5.74) is 3.74. The second-order valence-corrected chi connectivity index (χ2v) is 13.2. The van der Waals surface area contributed by atoms with Crippen molar-refractivity contribution < 1.29 is 14.4 Å². The predicted octanol–water partition coefficient (Wildman–Crippen LogP) is 7.89. The van der Waals surface area contributed by atoms with E-state index in [1.165, 1.54) is 0 Å². The highest BCUT2D eigenvalue weighted by molar-refractivity contribution is 7.22. The Labute approximate surface area is 250 Å². The van der Waals surface area contributed by atoms with Gasteiger partial charge in [-0.1, -0.05) is 70.0 Å². The minimum absolute atomic E-state index is 0.327. The molecule has 0 spiro atoms. The van der Waals surface area contributed by atoms with Gasteiger partial charge in [-0.25, -0.2) is 9.78 Å². The zero-order valence-electron chi connectivity index (χ0n) is 21.9. The van der Waals surface area contributed by atoms with Crippen LogP contribution in [0, 0.1) is 0 Å². The highest BCUT2D eigenvalue weighted by atomic mass is 35.5. The van der Waals surface area contributed by atoms with Crippen LogP contribution in [0.3, 0.4) is 0 Å². The van der Waals surface area contributed by atoms with Gasteiger partial charge in [0, 0.05) is 47.1 Å². The summed E-state index contributed by atoms with van der Waals surface area (Å²) in [7, 11) is 0. The molecule has 0 amide bonds. The number of nitrogens with one attached hydrogen (secondary N) is 1. The number of piperidine rings is 1. The summed E-state index contributed by atoms with van der Waals surface area (Å²) >= 11 is 14.7. The van der Waals surface area contributed by atoms with Crippen LogP contribution in [0.25, 0.3) is 32.2 Å². The Morgan fingerprint density at radius 3 is 2.49 bits per heavy atom. The van der Waals surface area contributed by atoms with Crippen molar-refractivity contribution in [3.63, 3.8) is 0 Å². The van der Waals surface area contributed by atoms with E-state index in [-0.39, 0.29) is 0 Å². The molecule has 208 valence electrons. The van der Waals surface area contributed by atoms with Crippen molar-refractivity contribution in [3.8, 4) is 11.3 Å². The first-order chi connectivity index (χ1) is 20.0. The normalized spacial score (nSPS) is 21.9. The second-order valence-electron chi connectivity index (χ2n) is 11.4. The molecule has 4 aliphatic rings.